The van der Waals surface area contributed by atoms with Gasteiger partial charge in [-0.2, -0.15) is 0 Å². The third-order valence-corrected chi connectivity index (χ3v) is 3.61. The van der Waals surface area contributed by atoms with E-state index in [0.29, 0.717) is 6.04 Å². The van der Waals surface area contributed by atoms with Crippen molar-refractivity contribution in [1.82, 2.24) is 10.6 Å². The van der Waals surface area contributed by atoms with E-state index in [0.717, 1.165) is 12.6 Å². The fourth-order valence-corrected chi connectivity index (χ4v) is 2.44. The van der Waals surface area contributed by atoms with Crippen LogP contribution < -0.4 is 10.6 Å². The van der Waals surface area contributed by atoms with Gasteiger partial charge in [0.05, 0.1) is 0 Å². The molecule has 0 aromatic heterocycles. The highest BCUT2D eigenvalue weighted by molar-refractivity contribution is 5.14. The molecule has 1 heterocycles. The summed E-state index contributed by atoms with van der Waals surface area (Å²) in [4.78, 5) is 0. The van der Waals surface area contributed by atoms with Gasteiger partial charge in [0, 0.05) is 18.6 Å². The number of nitrogens with one attached hydrogen (secondary N) is 2. The van der Waals surface area contributed by atoms with Crippen LogP contribution in [-0.4, -0.2) is 18.6 Å². The third kappa shape index (κ3) is 8.34. The first-order chi connectivity index (χ1) is 9.72. The molecule has 1 aromatic carbocycles. The molecule has 1 unspecified atom stereocenters. The lowest BCUT2D eigenvalue weighted by molar-refractivity contribution is 0.380. The average Bonchev–Trinajstić information content (AvgIpc) is 2.48. The van der Waals surface area contributed by atoms with Crippen LogP contribution in [0.1, 0.15) is 58.4 Å². The molecule has 2 nitrogen and oxygen atoms in total. The minimum absolute atomic E-state index is 0.565. The highest BCUT2D eigenvalue weighted by Gasteiger charge is 2.09. The number of benzene rings is 1. The van der Waals surface area contributed by atoms with Crippen molar-refractivity contribution >= 4 is 0 Å². The molecular weight excluding hydrogens is 244 g/mol. The topological polar surface area (TPSA) is 24.1 Å². The number of hydrogen-bond acceptors (Lipinski definition) is 2. The van der Waals surface area contributed by atoms with Crippen molar-refractivity contribution in [3.05, 3.63) is 35.9 Å². The van der Waals surface area contributed by atoms with Crippen LogP contribution in [0.3, 0.4) is 0 Å². The Morgan fingerprint density at radius 2 is 1.95 bits per heavy atom. The SMILES string of the molecule is CC(C)NCc1ccccc1.CCCC1CCCCN1. The van der Waals surface area contributed by atoms with E-state index >= 15 is 0 Å². The van der Waals surface area contributed by atoms with Gasteiger partial charge in [-0.1, -0.05) is 63.9 Å². The summed E-state index contributed by atoms with van der Waals surface area (Å²) in [5, 5.41) is 6.88. The van der Waals surface area contributed by atoms with Crippen LogP contribution in [0.15, 0.2) is 30.3 Å². The Morgan fingerprint density at radius 3 is 2.50 bits per heavy atom. The standard InChI is InChI=1S/C10H15N.C8H17N/c1-9(2)11-8-10-6-4-3-5-7-10;1-2-5-8-6-3-4-7-9-8/h3-7,9,11H,8H2,1-2H3;8-9H,2-7H2,1H3. The smallest absolute Gasteiger partial charge is 0.0207 e. The summed E-state index contributed by atoms with van der Waals surface area (Å²) in [5.41, 5.74) is 1.35. The molecule has 1 aliphatic heterocycles. The largest absolute Gasteiger partial charge is 0.314 e. The molecule has 1 atom stereocenters. The molecule has 1 fully saturated rings. The van der Waals surface area contributed by atoms with Gasteiger partial charge < -0.3 is 10.6 Å². The molecule has 1 aliphatic rings. The van der Waals surface area contributed by atoms with Gasteiger partial charge in [0.1, 0.15) is 0 Å². The Balaban J connectivity index is 0.000000204. The summed E-state index contributed by atoms with van der Waals surface area (Å²) in [5.74, 6) is 0. The lowest BCUT2D eigenvalue weighted by atomic mass is 10.0. The van der Waals surface area contributed by atoms with Gasteiger partial charge in [0.2, 0.25) is 0 Å². The quantitative estimate of drug-likeness (QED) is 0.845. The van der Waals surface area contributed by atoms with Crippen LogP contribution in [-0.2, 0) is 6.54 Å². The number of hydrogen-bond donors (Lipinski definition) is 2. The maximum absolute atomic E-state index is 3.52. The van der Waals surface area contributed by atoms with E-state index in [9.17, 15) is 0 Å². The minimum Gasteiger partial charge on any atom is -0.314 e. The molecule has 2 N–H and O–H groups in total. The molecule has 0 bridgehead atoms. The average molecular weight is 276 g/mol. The van der Waals surface area contributed by atoms with E-state index < -0.39 is 0 Å². The van der Waals surface area contributed by atoms with Crippen molar-refractivity contribution in [3.63, 3.8) is 0 Å². The molecule has 0 amide bonds. The third-order valence-electron chi connectivity index (χ3n) is 3.61. The fourth-order valence-electron chi connectivity index (χ4n) is 2.44. The molecule has 0 radical (unpaired) electrons. The molecule has 20 heavy (non-hydrogen) atoms. The summed E-state index contributed by atoms with van der Waals surface area (Å²) < 4.78 is 0. The molecule has 1 saturated heterocycles. The van der Waals surface area contributed by atoms with Crippen molar-refractivity contribution in [1.29, 1.82) is 0 Å². The second kappa shape index (κ2) is 10.9. The zero-order chi connectivity index (χ0) is 14.6. The Labute approximate surface area is 125 Å². The van der Waals surface area contributed by atoms with Crippen LogP contribution in [0.2, 0.25) is 0 Å². The fraction of sp³-hybridized carbons (Fsp3) is 0.667. The van der Waals surface area contributed by atoms with Gasteiger partial charge in [0.15, 0.2) is 0 Å². The van der Waals surface area contributed by atoms with Crippen molar-refractivity contribution in [2.45, 2.75) is 71.5 Å². The van der Waals surface area contributed by atoms with Gasteiger partial charge in [-0.25, -0.2) is 0 Å². The summed E-state index contributed by atoms with van der Waals surface area (Å²) in [6.45, 7) is 8.80. The van der Waals surface area contributed by atoms with Crippen molar-refractivity contribution in [2.75, 3.05) is 6.54 Å². The number of piperidine rings is 1. The van der Waals surface area contributed by atoms with Gasteiger partial charge in [-0.05, 0) is 31.4 Å². The summed E-state index contributed by atoms with van der Waals surface area (Å²) in [7, 11) is 0. The first-order valence-electron chi connectivity index (χ1n) is 8.23. The molecule has 1 aromatic rings. The Kier molecular flexibility index (Phi) is 9.35. The van der Waals surface area contributed by atoms with Gasteiger partial charge in [-0.15, -0.1) is 0 Å². The van der Waals surface area contributed by atoms with E-state index in [1.165, 1.54) is 44.2 Å². The number of rotatable bonds is 5. The normalized spacial score (nSPS) is 18.5. The first-order valence-corrected chi connectivity index (χ1v) is 8.23. The summed E-state index contributed by atoms with van der Waals surface area (Å²) in [6.07, 6.45) is 6.95. The predicted molar refractivity (Wildman–Crippen MR) is 89.0 cm³/mol. The second-order valence-electron chi connectivity index (χ2n) is 5.96. The Morgan fingerprint density at radius 1 is 1.20 bits per heavy atom. The highest BCUT2D eigenvalue weighted by Crippen LogP contribution is 2.10. The van der Waals surface area contributed by atoms with E-state index in [1.54, 1.807) is 0 Å². The maximum atomic E-state index is 3.52. The molecule has 0 saturated carbocycles. The van der Waals surface area contributed by atoms with Crippen LogP contribution in [0.5, 0.6) is 0 Å². The van der Waals surface area contributed by atoms with Gasteiger partial charge in [-0.3, -0.25) is 0 Å². The van der Waals surface area contributed by atoms with Gasteiger partial charge in [0.25, 0.3) is 0 Å². The Bertz CT molecular complexity index is 313. The van der Waals surface area contributed by atoms with Crippen LogP contribution >= 0.6 is 0 Å². The second-order valence-corrected chi connectivity index (χ2v) is 5.96. The Hall–Kier alpha value is -0.860. The van der Waals surface area contributed by atoms with Crippen molar-refractivity contribution < 1.29 is 0 Å². The van der Waals surface area contributed by atoms with E-state index in [2.05, 4.69) is 55.7 Å². The molecule has 0 aliphatic carbocycles. The summed E-state index contributed by atoms with van der Waals surface area (Å²) in [6, 6.07) is 11.9. The lowest BCUT2D eigenvalue weighted by Gasteiger charge is -2.22. The molecule has 2 rings (SSSR count). The van der Waals surface area contributed by atoms with Crippen LogP contribution in [0.4, 0.5) is 0 Å². The van der Waals surface area contributed by atoms with Crippen molar-refractivity contribution in [2.24, 2.45) is 0 Å². The highest BCUT2D eigenvalue weighted by atomic mass is 14.9. The van der Waals surface area contributed by atoms with Crippen LogP contribution in [0.25, 0.3) is 0 Å². The lowest BCUT2D eigenvalue weighted by Crippen LogP contribution is -2.33. The molecule has 2 heteroatoms. The van der Waals surface area contributed by atoms with E-state index in [4.69, 9.17) is 0 Å². The minimum atomic E-state index is 0.565. The zero-order valence-corrected chi connectivity index (χ0v) is 13.5. The van der Waals surface area contributed by atoms with Gasteiger partial charge >= 0.3 is 0 Å². The zero-order valence-electron chi connectivity index (χ0n) is 13.5. The molecule has 0 spiro atoms. The monoisotopic (exact) mass is 276 g/mol. The van der Waals surface area contributed by atoms with Crippen molar-refractivity contribution in [3.8, 4) is 0 Å². The van der Waals surface area contributed by atoms with Crippen LogP contribution in [0, 0.1) is 0 Å². The first kappa shape index (κ1) is 17.2. The molecular formula is C18H32N2. The maximum Gasteiger partial charge on any atom is 0.0207 e. The summed E-state index contributed by atoms with van der Waals surface area (Å²) >= 11 is 0. The molecule has 114 valence electrons. The van der Waals surface area contributed by atoms with E-state index in [1.807, 2.05) is 6.07 Å². The predicted octanol–water partition coefficient (Wildman–Crippen LogP) is 4.11. The van der Waals surface area contributed by atoms with E-state index in [-0.39, 0.29) is 0 Å².